The molecule has 1 saturated heterocycles. The van der Waals surface area contributed by atoms with Crippen molar-refractivity contribution in [3.63, 3.8) is 0 Å². The molecular weight excluding hydrogens is 384 g/mol. The molecule has 3 aliphatic rings. The second-order valence-corrected chi connectivity index (χ2v) is 10.3. The zero-order valence-electron chi connectivity index (χ0n) is 19.2. The molecule has 2 heterocycles. The Morgan fingerprint density at radius 3 is 2.16 bits per heavy atom. The van der Waals surface area contributed by atoms with E-state index in [9.17, 15) is 0 Å². The summed E-state index contributed by atoms with van der Waals surface area (Å²) in [6.45, 7) is 7.16. The fourth-order valence-electron chi connectivity index (χ4n) is 6.40. The minimum Gasteiger partial charge on any atom is -0.323 e. The average molecular weight is 425 g/mol. The minimum absolute atomic E-state index is 0.241. The van der Waals surface area contributed by atoms with Gasteiger partial charge in [0.05, 0.1) is 12.1 Å². The second-order valence-electron chi connectivity index (χ2n) is 10.3. The van der Waals surface area contributed by atoms with E-state index in [1.165, 1.54) is 102 Å². The van der Waals surface area contributed by atoms with Crippen LogP contribution < -0.4 is 9.80 Å². The van der Waals surface area contributed by atoms with Crippen molar-refractivity contribution in [3.8, 4) is 0 Å². The van der Waals surface area contributed by atoms with Gasteiger partial charge in [0.1, 0.15) is 26.2 Å². The summed E-state index contributed by atoms with van der Waals surface area (Å²) >= 11 is 0. The molecule has 6 nitrogen and oxygen atoms in total. The van der Waals surface area contributed by atoms with Crippen molar-refractivity contribution in [1.82, 2.24) is 20.2 Å². The summed E-state index contributed by atoms with van der Waals surface area (Å²) in [4.78, 5) is 3.51. The van der Waals surface area contributed by atoms with E-state index in [4.69, 9.17) is 0 Å². The van der Waals surface area contributed by atoms with Crippen molar-refractivity contribution < 1.29 is 9.80 Å². The number of quaternary nitrogens is 2. The number of hydrogen-bond acceptors (Lipinski definition) is 3. The lowest BCUT2D eigenvalue weighted by Gasteiger charge is -2.38. The summed E-state index contributed by atoms with van der Waals surface area (Å²) in [6.07, 6.45) is 13.6. The summed E-state index contributed by atoms with van der Waals surface area (Å²) < 4.78 is 2.21. The first-order valence-corrected chi connectivity index (χ1v) is 12.8. The zero-order valence-corrected chi connectivity index (χ0v) is 19.2. The molecule has 1 aliphatic heterocycles. The molecule has 31 heavy (non-hydrogen) atoms. The van der Waals surface area contributed by atoms with Gasteiger partial charge in [-0.2, -0.15) is 0 Å². The number of aryl methyl sites for hydroxylation is 1. The Hall–Kier alpha value is -1.79. The lowest BCUT2D eigenvalue weighted by Crippen LogP contribution is -3.29. The molecule has 0 spiro atoms. The van der Waals surface area contributed by atoms with Gasteiger partial charge in [0, 0.05) is 5.56 Å². The number of nitrogens with zero attached hydrogens (tertiary/aromatic N) is 4. The van der Waals surface area contributed by atoms with E-state index >= 15 is 0 Å². The van der Waals surface area contributed by atoms with E-state index in [1.807, 2.05) is 4.90 Å². The first-order valence-electron chi connectivity index (χ1n) is 12.8. The van der Waals surface area contributed by atoms with Crippen LogP contribution in [-0.4, -0.2) is 52.4 Å². The normalized spacial score (nSPS) is 27.3. The first kappa shape index (κ1) is 21.1. The highest BCUT2D eigenvalue weighted by Gasteiger charge is 2.38. The second kappa shape index (κ2) is 9.78. The van der Waals surface area contributed by atoms with E-state index in [1.54, 1.807) is 4.90 Å². The van der Waals surface area contributed by atoms with Crippen LogP contribution in [0.1, 0.15) is 93.2 Å². The van der Waals surface area contributed by atoms with E-state index < -0.39 is 0 Å². The minimum atomic E-state index is 0.241. The Labute approximate surface area is 187 Å². The Bertz CT molecular complexity index is 811. The molecule has 3 fully saturated rings. The highest BCUT2D eigenvalue weighted by molar-refractivity contribution is 5.26. The molecule has 1 atom stereocenters. The molecule has 6 heteroatoms. The summed E-state index contributed by atoms with van der Waals surface area (Å²) in [5.41, 5.74) is 2.68. The maximum Gasteiger partial charge on any atom is 0.214 e. The van der Waals surface area contributed by atoms with Crippen molar-refractivity contribution in [3.05, 3.63) is 41.2 Å². The number of tetrazole rings is 1. The van der Waals surface area contributed by atoms with E-state index in [-0.39, 0.29) is 6.04 Å². The lowest BCUT2D eigenvalue weighted by molar-refractivity contribution is -1.03. The van der Waals surface area contributed by atoms with Gasteiger partial charge in [-0.25, -0.2) is 4.68 Å². The van der Waals surface area contributed by atoms with Gasteiger partial charge in [0.2, 0.25) is 5.82 Å². The standard InChI is InChI=1S/C25H38N6/c1-20-12-14-21(15-13-20)24(25-26-27-28-31(25)23-10-6-3-7-11-23)30-18-16-29(17-19-30)22-8-4-2-5-9-22/h12-15,22-24H,2-11,16-19H2,1H3/p+2/t24-/m0/s1. The summed E-state index contributed by atoms with van der Waals surface area (Å²) in [6, 6.07) is 10.7. The van der Waals surface area contributed by atoms with Crippen LogP contribution in [0.25, 0.3) is 0 Å². The van der Waals surface area contributed by atoms with Crippen LogP contribution in [0.3, 0.4) is 0 Å². The smallest absolute Gasteiger partial charge is 0.214 e. The molecule has 2 saturated carbocycles. The van der Waals surface area contributed by atoms with Crippen molar-refractivity contribution >= 4 is 0 Å². The molecule has 1 aromatic heterocycles. The number of nitrogens with one attached hydrogen (secondary N) is 2. The number of hydrogen-bond donors (Lipinski definition) is 2. The first-order chi connectivity index (χ1) is 15.3. The van der Waals surface area contributed by atoms with Gasteiger partial charge >= 0.3 is 0 Å². The molecule has 0 unspecified atom stereocenters. The number of benzene rings is 1. The topological polar surface area (TPSA) is 52.5 Å². The molecule has 0 bridgehead atoms. The third-order valence-corrected chi connectivity index (χ3v) is 8.23. The average Bonchev–Trinajstić information content (AvgIpc) is 3.31. The molecule has 1 aromatic carbocycles. The predicted octanol–water partition coefficient (Wildman–Crippen LogP) is 1.69. The quantitative estimate of drug-likeness (QED) is 0.768. The number of piperazine rings is 1. The van der Waals surface area contributed by atoms with Crippen molar-refractivity contribution in [2.45, 2.75) is 89.3 Å². The number of aromatic nitrogens is 4. The van der Waals surface area contributed by atoms with E-state index in [2.05, 4.69) is 51.4 Å². The van der Waals surface area contributed by atoms with Gasteiger partial charge in [0.15, 0.2) is 6.04 Å². The summed E-state index contributed by atoms with van der Waals surface area (Å²) in [5.74, 6) is 1.09. The Morgan fingerprint density at radius 1 is 0.839 bits per heavy atom. The van der Waals surface area contributed by atoms with Gasteiger partial charge < -0.3 is 9.80 Å². The maximum absolute atomic E-state index is 4.65. The van der Waals surface area contributed by atoms with Gasteiger partial charge in [-0.1, -0.05) is 55.5 Å². The van der Waals surface area contributed by atoms with Crippen molar-refractivity contribution in [1.29, 1.82) is 0 Å². The summed E-state index contributed by atoms with van der Waals surface area (Å²) in [5, 5.41) is 13.4. The highest BCUT2D eigenvalue weighted by Crippen LogP contribution is 2.30. The van der Waals surface area contributed by atoms with Gasteiger partial charge in [-0.3, -0.25) is 0 Å². The van der Waals surface area contributed by atoms with Crippen LogP contribution in [0, 0.1) is 6.92 Å². The molecular formula is C25H40N6+2. The number of rotatable bonds is 5. The summed E-state index contributed by atoms with van der Waals surface area (Å²) in [7, 11) is 0. The van der Waals surface area contributed by atoms with E-state index in [0.29, 0.717) is 6.04 Å². The van der Waals surface area contributed by atoms with Crippen LogP contribution in [-0.2, 0) is 0 Å². The fourth-order valence-corrected chi connectivity index (χ4v) is 6.40. The Morgan fingerprint density at radius 2 is 1.48 bits per heavy atom. The predicted molar refractivity (Wildman–Crippen MR) is 121 cm³/mol. The van der Waals surface area contributed by atoms with Crippen LogP contribution in [0.2, 0.25) is 0 Å². The van der Waals surface area contributed by atoms with Crippen LogP contribution in [0.15, 0.2) is 24.3 Å². The molecule has 2 aromatic rings. The van der Waals surface area contributed by atoms with Crippen molar-refractivity contribution in [2.24, 2.45) is 0 Å². The molecule has 0 amide bonds. The Balaban J connectivity index is 1.39. The highest BCUT2D eigenvalue weighted by atomic mass is 15.6. The van der Waals surface area contributed by atoms with Gasteiger partial charge in [0.25, 0.3) is 0 Å². The van der Waals surface area contributed by atoms with Crippen LogP contribution in [0.5, 0.6) is 0 Å². The van der Waals surface area contributed by atoms with Crippen LogP contribution >= 0.6 is 0 Å². The lowest BCUT2D eigenvalue weighted by atomic mass is 9.93. The maximum atomic E-state index is 4.65. The zero-order chi connectivity index (χ0) is 21.0. The third kappa shape index (κ3) is 4.70. The molecule has 2 aliphatic carbocycles. The van der Waals surface area contributed by atoms with Gasteiger partial charge in [-0.15, -0.1) is 5.10 Å². The van der Waals surface area contributed by atoms with Gasteiger partial charge in [-0.05, 0) is 55.9 Å². The Kier molecular flexibility index (Phi) is 6.65. The largest absolute Gasteiger partial charge is 0.323 e. The van der Waals surface area contributed by atoms with E-state index in [0.717, 1.165) is 11.9 Å². The molecule has 2 N–H and O–H groups in total. The molecule has 168 valence electrons. The monoisotopic (exact) mass is 424 g/mol. The van der Waals surface area contributed by atoms with Crippen molar-refractivity contribution in [2.75, 3.05) is 26.2 Å². The van der Waals surface area contributed by atoms with Crippen LogP contribution in [0.4, 0.5) is 0 Å². The fraction of sp³-hybridized carbons (Fsp3) is 0.720. The third-order valence-electron chi connectivity index (χ3n) is 8.23. The molecule has 0 radical (unpaired) electrons. The SMILES string of the molecule is Cc1ccc([C@@H](c2nnnn2C2CCCCC2)[NH+]2CC[NH+](C3CCCCC3)CC2)cc1. The molecule has 5 rings (SSSR count).